The summed E-state index contributed by atoms with van der Waals surface area (Å²) >= 11 is 12.1. The highest BCUT2D eigenvalue weighted by Gasteiger charge is 2.29. The van der Waals surface area contributed by atoms with Crippen LogP contribution in [-0.4, -0.2) is 93.5 Å². The fourth-order valence-corrected chi connectivity index (χ4v) is 8.77. The van der Waals surface area contributed by atoms with Crippen molar-refractivity contribution in [2.75, 3.05) is 66.7 Å². The van der Waals surface area contributed by atoms with Crippen molar-refractivity contribution < 1.29 is 42.4 Å². The summed E-state index contributed by atoms with van der Waals surface area (Å²) < 4.78 is 50.2. The van der Waals surface area contributed by atoms with Crippen molar-refractivity contribution in [1.82, 2.24) is 15.1 Å². The van der Waals surface area contributed by atoms with Crippen LogP contribution < -0.4 is 30.0 Å². The van der Waals surface area contributed by atoms with Gasteiger partial charge in [-0.15, -0.1) is 0 Å². The lowest BCUT2D eigenvalue weighted by atomic mass is 9.93. The van der Waals surface area contributed by atoms with Gasteiger partial charge in [0.25, 0.3) is 0 Å². The van der Waals surface area contributed by atoms with Gasteiger partial charge < -0.3 is 35.1 Å². The second kappa shape index (κ2) is 28.0. The maximum atomic E-state index is 14.7. The molecule has 2 atom stereocenters. The first-order valence-electron chi connectivity index (χ1n) is 23.7. The third-order valence-corrected chi connectivity index (χ3v) is 13.1. The number of hydrogen-bond acceptors (Lipinski definition) is 9. The molecule has 2 unspecified atom stereocenters. The molecule has 4 N–H and O–H groups in total. The number of carboxylic acid groups (broad SMARTS) is 1. The van der Waals surface area contributed by atoms with Crippen LogP contribution in [0.5, 0.6) is 23.0 Å². The van der Waals surface area contributed by atoms with Crippen LogP contribution in [0.1, 0.15) is 60.0 Å². The number of piperidine rings is 2. The summed E-state index contributed by atoms with van der Waals surface area (Å²) in [7, 11) is 3.18. The molecule has 0 aliphatic carbocycles. The van der Waals surface area contributed by atoms with Gasteiger partial charge in [-0.2, -0.15) is 0 Å². The van der Waals surface area contributed by atoms with Crippen LogP contribution >= 0.6 is 23.2 Å². The van der Waals surface area contributed by atoms with Gasteiger partial charge in [-0.3, -0.25) is 19.4 Å². The number of nitrogens with zero attached hydrogens (tertiary/aromatic N) is 2. The van der Waals surface area contributed by atoms with Crippen LogP contribution in [0.4, 0.5) is 8.78 Å². The normalized spacial score (nSPS) is 15.1. The highest BCUT2D eigenvalue weighted by molar-refractivity contribution is 6.32. The monoisotopic (exact) mass is 1010 g/mol. The zero-order valence-corrected chi connectivity index (χ0v) is 41.5. The van der Waals surface area contributed by atoms with Gasteiger partial charge in [0, 0.05) is 30.1 Å². The highest BCUT2D eigenvalue weighted by Crippen LogP contribution is 2.30. The summed E-state index contributed by atoms with van der Waals surface area (Å²) in [5.41, 5.74) is 8.57. The largest absolute Gasteiger partial charge is 0.497 e. The molecule has 1 amide bonds. The summed E-state index contributed by atoms with van der Waals surface area (Å²) in [4.78, 5) is 28.6. The lowest BCUT2D eigenvalue weighted by molar-refractivity contribution is -0.143. The fourth-order valence-electron chi connectivity index (χ4n) is 8.39. The van der Waals surface area contributed by atoms with Gasteiger partial charge >= 0.3 is 5.97 Å². The summed E-state index contributed by atoms with van der Waals surface area (Å²) in [5, 5.41) is 13.2. The van der Waals surface area contributed by atoms with Gasteiger partial charge in [0.2, 0.25) is 5.91 Å². The summed E-state index contributed by atoms with van der Waals surface area (Å²) in [6.07, 6.45) is 2.92. The molecule has 6 aromatic carbocycles. The average molecular weight is 1010 g/mol. The molecule has 2 aliphatic heterocycles. The molecule has 0 saturated carbocycles. The number of methoxy groups -OCH3 is 2. The molecule has 71 heavy (non-hydrogen) atoms. The van der Waals surface area contributed by atoms with Crippen molar-refractivity contribution in [2.45, 2.75) is 37.8 Å². The van der Waals surface area contributed by atoms with E-state index in [0.717, 1.165) is 76.1 Å². The first-order valence-corrected chi connectivity index (χ1v) is 24.4. The number of hydrogen-bond donors (Lipinski definition) is 3. The van der Waals surface area contributed by atoms with Crippen LogP contribution in [-0.2, 0) is 9.59 Å². The number of aliphatic carboxylic acids is 1. The van der Waals surface area contributed by atoms with Crippen molar-refractivity contribution >= 4 is 35.1 Å². The first kappa shape index (κ1) is 54.1. The number of rotatable bonds is 17. The van der Waals surface area contributed by atoms with E-state index in [-0.39, 0.29) is 29.4 Å². The van der Waals surface area contributed by atoms with E-state index in [1.807, 2.05) is 84.9 Å². The van der Waals surface area contributed by atoms with E-state index in [1.54, 1.807) is 62.8 Å². The molecule has 2 fully saturated rings. The molecule has 2 aliphatic rings. The Morgan fingerprint density at radius 2 is 1.06 bits per heavy atom. The number of amides is 1. The average Bonchev–Trinajstić information content (AvgIpc) is 3.40. The van der Waals surface area contributed by atoms with E-state index in [2.05, 4.69) is 15.1 Å². The van der Waals surface area contributed by atoms with Crippen molar-refractivity contribution in [1.29, 1.82) is 0 Å². The van der Waals surface area contributed by atoms with Gasteiger partial charge in [-0.05, 0) is 124 Å². The standard InChI is InChI=1S/C28H30ClFN2O3.C14H18ClNO3.C14H14FNO/c1-34-22-8-6-7-21(19-22)27(23-9-2-4-11-25(23)30)31-28(33)20-13-15-32(16-14-20)17-18-35-26-12-5-3-10-24(26)29;15-12-3-1-2-4-13(12)19-10-9-16-7-5-11(6-8-16)14(17)18;1-17-11-6-4-5-10(9-11)14(16)12-7-2-3-8-13(12)15/h2-12,19-20,27H,13-18H2,1H3,(H,31,33);1-4,11H,5-10H2,(H,17,18);2-9,14H,16H2,1H3. The molecule has 8 rings (SSSR count). The summed E-state index contributed by atoms with van der Waals surface area (Å²) in [5.74, 6) is 1.07. The fraction of sp³-hybridized carbons (Fsp3) is 0.321. The maximum Gasteiger partial charge on any atom is 0.306 e. The van der Waals surface area contributed by atoms with Gasteiger partial charge in [0.05, 0.1) is 42.3 Å². The highest BCUT2D eigenvalue weighted by atomic mass is 35.5. The van der Waals surface area contributed by atoms with Crippen LogP contribution in [0.2, 0.25) is 10.0 Å². The minimum atomic E-state index is -0.674. The minimum absolute atomic E-state index is 0.0620. The molecule has 11 nitrogen and oxygen atoms in total. The molecule has 376 valence electrons. The molecule has 6 aromatic rings. The number of nitrogens with one attached hydrogen (secondary N) is 1. The van der Waals surface area contributed by atoms with Gasteiger partial charge in [0.1, 0.15) is 47.8 Å². The smallest absolute Gasteiger partial charge is 0.306 e. The number of likely N-dealkylation sites (tertiary alicyclic amines) is 2. The molecule has 0 aromatic heterocycles. The van der Waals surface area contributed by atoms with Crippen molar-refractivity contribution in [2.24, 2.45) is 17.6 Å². The van der Waals surface area contributed by atoms with E-state index in [4.69, 9.17) is 53.0 Å². The van der Waals surface area contributed by atoms with E-state index in [9.17, 15) is 18.4 Å². The number of para-hydroxylation sites is 2. The van der Waals surface area contributed by atoms with Crippen molar-refractivity contribution in [3.8, 4) is 23.0 Å². The number of carbonyl (C=O) groups excluding carboxylic acids is 1. The number of nitrogens with two attached hydrogens (primary N) is 1. The lowest BCUT2D eigenvalue weighted by Crippen LogP contribution is -2.43. The van der Waals surface area contributed by atoms with Gasteiger partial charge in [-0.1, -0.05) is 108 Å². The summed E-state index contributed by atoms with van der Waals surface area (Å²) in [6, 6.07) is 41.6. The molecule has 0 radical (unpaired) electrons. The SMILES string of the molecule is COc1cccc(C(N)c2ccccc2F)c1.COc1cccc(C(NC(=O)C2CCN(CCOc3ccccc3Cl)CC2)c2ccccc2F)c1.O=C(O)C1CCN(CCOc2ccccc2Cl)CC1. The third-order valence-electron chi connectivity index (χ3n) is 12.5. The van der Waals surface area contributed by atoms with E-state index < -0.39 is 18.1 Å². The number of halogens is 4. The van der Waals surface area contributed by atoms with E-state index in [1.165, 1.54) is 12.1 Å². The van der Waals surface area contributed by atoms with Crippen LogP contribution in [0.25, 0.3) is 0 Å². The second-order valence-corrected chi connectivity index (χ2v) is 18.0. The van der Waals surface area contributed by atoms with Crippen molar-refractivity contribution in [3.05, 3.63) is 190 Å². The molecule has 0 spiro atoms. The van der Waals surface area contributed by atoms with Crippen LogP contribution in [0, 0.1) is 23.5 Å². The first-order chi connectivity index (χ1) is 34.4. The summed E-state index contributed by atoms with van der Waals surface area (Å²) in [6.45, 7) is 5.92. The second-order valence-electron chi connectivity index (χ2n) is 17.1. The predicted octanol–water partition coefficient (Wildman–Crippen LogP) is 10.9. The topological polar surface area (TPSA) is 136 Å². The Kier molecular flexibility index (Phi) is 21.3. The Labute approximate surface area is 425 Å². The van der Waals surface area contributed by atoms with Crippen LogP contribution in [0.3, 0.4) is 0 Å². The molecular weight excluding hydrogens is 950 g/mol. The van der Waals surface area contributed by atoms with E-state index in [0.29, 0.717) is 57.4 Å². The Bertz CT molecular complexity index is 2610. The molecule has 2 saturated heterocycles. The van der Waals surface area contributed by atoms with Gasteiger partial charge in [0.15, 0.2) is 0 Å². The zero-order chi connectivity index (χ0) is 50.5. The Morgan fingerprint density at radius 3 is 1.54 bits per heavy atom. The molecule has 2 heterocycles. The number of ether oxygens (including phenoxy) is 4. The number of benzene rings is 6. The maximum absolute atomic E-state index is 14.7. The number of carbonyl (C=O) groups is 2. The molecule has 0 bridgehead atoms. The predicted molar refractivity (Wildman–Crippen MR) is 275 cm³/mol. The third kappa shape index (κ3) is 16.4. The quantitative estimate of drug-likeness (QED) is 0.0810. The Balaban J connectivity index is 0.000000193. The Morgan fingerprint density at radius 1 is 0.620 bits per heavy atom. The minimum Gasteiger partial charge on any atom is -0.497 e. The van der Waals surface area contributed by atoms with Gasteiger partial charge in [-0.25, -0.2) is 8.78 Å². The Hall–Kier alpha value is -6.22. The van der Waals surface area contributed by atoms with Crippen LogP contribution in [0.15, 0.2) is 146 Å². The van der Waals surface area contributed by atoms with Crippen molar-refractivity contribution in [3.63, 3.8) is 0 Å². The van der Waals surface area contributed by atoms with E-state index >= 15 is 0 Å². The lowest BCUT2D eigenvalue weighted by Gasteiger charge is -2.32. The molecule has 15 heteroatoms. The molecular formula is C56H62Cl2F2N4O7. The zero-order valence-electron chi connectivity index (χ0n) is 40.0. The number of carboxylic acids is 1.